The van der Waals surface area contributed by atoms with Crippen LogP contribution in [0, 0.1) is 0 Å². The van der Waals surface area contributed by atoms with Gasteiger partial charge < -0.3 is 5.11 Å². The molecular formula is C9H13NO3S. The van der Waals surface area contributed by atoms with Crippen molar-refractivity contribution in [2.24, 2.45) is 5.14 Å². The van der Waals surface area contributed by atoms with Crippen LogP contribution in [0.1, 0.15) is 18.1 Å². The van der Waals surface area contributed by atoms with Gasteiger partial charge >= 0.3 is 0 Å². The van der Waals surface area contributed by atoms with E-state index < -0.39 is 10.0 Å². The van der Waals surface area contributed by atoms with E-state index in [9.17, 15) is 8.42 Å². The lowest BCUT2D eigenvalue weighted by atomic mass is 10.1. The third-order valence-corrected chi connectivity index (χ3v) is 2.99. The van der Waals surface area contributed by atoms with Gasteiger partial charge in [-0.05, 0) is 23.6 Å². The second-order valence-electron chi connectivity index (χ2n) is 3.00. The SMILES string of the molecule is CCc1ccc(CO)cc1S(N)(=O)=O. The molecule has 0 spiro atoms. The highest BCUT2D eigenvalue weighted by atomic mass is 32.2. The van der Waals surface area contributed by atoms with Crippen LogP contribution in [0.15, 0.2) is 23.1 Å². The van der Waals surface area contributed by atoms with E-state index in [1.54, 1.807) is 12.1 Å². The minimum Gasteiger partial charge on any atom is -0.392 e. The minimum atomic E-state index is -3.69. The predicted octanol–water partition coefficient (Wildman–Crippen LogP) is 0.389. The molecule has 0 atom stereocenters. The molecular weight excluding hydrogens is 202 g/mol. The minimum absolute atomic E-state index is 0.103. The maximum atomic E-state index is 11.2. The second-order valence-corrected chi connectivity index (χ2v) is 4.53. The van der Waals surface area contributed by atoms with Gasteiger partial charge in [-0.3, -0.25) is 0 Å². The first kappa shape index (κ1) is 11.2. The van der Waals surface area contributed by atoms with Crippen molar-refractivity contribution in [1.82, 2.24) is 0 Å². The Bertz CT molecular complexity index is 426. The highest BCUT2D eigenvalue weighted by Gasteiger charge is 2.13. The van der Waals surface area contributed by atoms with Gasteiger partial charge in [0.1, 0.15) is 0 Å². The summed E-state index contributed by atoms with van der Waals surface area (Å²) in [4.78, 5) is 0.103. The molecule has 1 aromatic carbocycles. The fourth-order valence-corrected chi connectivity index (χ4v) is 2.15. The van der Waals surface area contributed by atoms with E-state index in [1.807, 2.05) is 6.92 Å². The number of aliphatic hydroxyl groups excluding tert-OH is 1. The number of aryl methyl sites for hydroxylation is 1. The molecule has 0 radical (unpaired) electrons. The van der Waals surface area contributed by atoms with Crippen LogP contribution in [-0.2, 0) is 23.1 Å². The number of sulfonamides is 1. The normalized spacial score (nSPS) is 11.6. The summed E-state index contributed by atoms with van der Waals surface area (Å²) in [7, 11) is -3.69. The van der Waals surface area contributed by atoms with Crippen molar-refractivity contribution >= 4 is 10.0 Å². The third-order valence-electron chi connectivity index (χ3n) is 2.00. The fraction of sp³-hybridized carbons (Fsp3) is 0.333. The highest BCUT2D eigenvalue weighted by molar-refractivity contribution is 7.89. The Labute approximate surface area is 83.4 Å². The summed E-state index contributed by atoms with van der Waals surface area (Å²) in [6.45, 7) is 1.66. The number of rotatable bonds is 3. The first-order chi connectivity index (χ1) is 6.49. The molecule has 3 N–H and O–H groups in total. The molecule has 0 amide bonds. The Hall–Kier alpha value is -0.910. The maximum Gasteiger partial charge on any atom is 0.238 e. The molecule has 0 aliphatic carbocycles. The lowest BCUT2D eigenvalue weighted by Crippen LogP contribution is -2.14. The second kappa shape index (κ2) is 4.08. The van der Waals surface area contributed by atoms with Crippen molar-refractivity contribution < 1.29 is 13.5 Å². The van der Waals surface area contributed by atoms with Crippen LogP contribution in [0.5, 0.6) is 0 Å². The Morgan fingerprint density at radius 2 is 2.07 bits per heavy atom. The van der Waals surface area contributed by atoms with Crippen LogP contribution in [0.3, 0.4) is 0 Å². The Kier molecular flexibility index (Phi) is 3.25. The molecule has 5 heteroatoms. The summed E-state index contributed by atoms with van der Waals surface area (Å²) in [6, 6.07) is 4.77. The van der Waals surface area contributed by atoms with Crippen molar-refractivity contribution in [3.05, 3.63) is 29.3 Å². The van der Waals surface area contributed by atoms with Crippen LogP contribution in [-0.4, -0.2) is 13.5 Å². The number of nitrogens with two attached hydrogens (primary N) is 1. The van der Waals surface area contributed by atoms with Crippen molar-refractivity contribution in [2.45, 2.75) is 24.8 Å². The van der Waals surface area contributed by atoms with Gasteiger partial charge in [0.15, 0.2) is 0 Å². The van der Waals surface area contributed by atoms with Crippen LogP contribution >= 0.6 is 0 Å². The first-order valence-corrected chi connectivity index (χ1v) is 5.79. The average molecular weight is 215 g/mol. The number of benzene rings is 1. The van der Waals surface area contributed by atoms with Gasteiger partial charge in [-0.15, -0.1) is 0 Å². The van der Waals surface area contributed by atoms with Crippen LogP contribution < -0.4 is 5.14 Å². The zero-order valence-corrected chi connectivity index (χ0v) is 8.71. The molecule has 0 aliphatic rings. The average Bonchev–Trinajstić information content (AvgIpc) is 2.15. The molecule has 78 valence electrons. The monoisotopic (exact) mass is 215 g/mol. The summed E-state index contributed by atoms with van der Waals surface area (Å²) in [5.74, 6) is 0. The Balaban J connectivity index is 3.37. The molecule has 1 rings (SSSR count). The number of primary sulfonamides is 1. The largest absolute Gasteiger partial charge is 0.392 e. The molecule has 0 aromatic heterocycles. The quantitative estimate of drug-likeness (QED) is 0.765. The third kappa shape index (κ3) is 2.31. The van der Waals surface area contributed by atoms with Crippen molar-refractivity contribution in [2.75, 3.05) is 0 Å². The van der Waals surface area contributed by atoms with Crippen LogP contribution in [0.4, 0.5) is 0 Å². The molecule has 0 bridgehead atoms. The summed E-state index contributed by atoms with van der Waals surface area (Å²) in [5, 5.41) is 13.9. The molecule has 0 aliphatic heterocycles. The maximum absolute atomic E-state index is 11.2. The molecule has 0 heterocycles. The predicted molar refractivity (Wildman–Crippen MR) is 53.1 cm³/mol. The molecule has 4 nitrogen and oxygen atoms in total. The molecule has 0 saturated carbocycles. The lowest BCUT2D eigenvalue weighted by Gasteiger charge is -2.06. The van der Waals surface area contributed by atoms with E-state index in [1.165, 1.54) is 6.07 Å². The Morgan fingerprint density at radius 3 is 2.50 bits per heavy atom. The molecule has 0 fully saturated rings. The summed E-state index contributed by atoms with van der Waals surface area (Å²) in [5.41, 5.74) is 1.22. The van der Waals surface area contributed by atoms with Gasteiger partial charge in [0.25, 0.3) is 0 Å². The zero-order valence-electron chi connectivity index (χ0n) is 7.90. The Morgan fingerprint density at radius 1 is 1.43 bits per heavy atom. The van der Waals surface area contributed by atoms with E-state index in [0.717, 1.165) is 0 Å². The highest BCUT2D eigenvalue weighted by Crippen LogP contribution is 2.17. The number of hydrogen-bond acceptors (Lipinski definition) is 3. The molecule has 0 saturated heterocycles. The summed E-state index contributed by atoms with van der Waals surface area (Å²) < 4.78 is 22.4. The van der Waals surface area contributed by atoms with Gasteiger partial charge in [-0.25, -0.2) is 13.6 Å². The topological polar surface area (TPSA) is 80.4 Å². The van der Waals surface area contributed by atoms with Gasteiger partial charge in [0.05, 0.1) is 11.5 Å². The smallest absolute Gasteiger partial charge is 0.238 e. The molecule has 1 aromatic rings. The van der Waals surface area contributed by atoms with Gasteiger partial charge in [-0.2, -0.15) is 0 Å². The van der Waals surface area contributed by atoms with Crippen LogP contribution in [0.2, 0.25) is 0 Å². The van der Waals surface area contributed by atoms with Crippen molar-refractivity contribution in [3.8, 4) is 0 Å². The van der Waals surface area contributed by atoms with Gasteiger partial charge in [-0.1, -0.05) is 19.1 Å². The van der Waals surface area contributed by atoms with Gasteiger partial charge in [0, 0.05) is 0 Å². The lowest BCUT2D eigenvalue weighted by molar-refractivity contribution is 0.281. The first-order valence-electron chi connectivity index (χ1n) is 4.24. The van der Waals surface area contributed by atoms with E-state index in [2.05, 4.69) is 0 Å². The van der Waals surface area contributed by atoms with E-state index in [-0.39, 0.29) is 11.5 Å². The molecule has 0 unspecified atom stereocenters. The fourth-order valence-electron chi connectivity index (χ4n) is 1.25. The number of aliphatic hydroxyl groups is 1. The van der Waals surface area contributed by atoms with Crippen molar-refractivity contribution in [1.29, 1.82) is 0 Å². The number of hydrogen-bond donors (Lipinski definition) is 2. The summed E-state index contributed by atoms with van der Waals surface area (Å²) in [6.07, 6.45) is 0.595. The van der Waals surface area contributed by atoms with E-state index in [4.69, 9.17) is 10.2 Å². The van der Waals surface area contributed by atoms with Gasteiger partial charge in [0.2, 0.25) is 10.0 Å². The standard InChI is InChI=1S/C9H13NO3S/c1-2-8-4-3-7(6-11)5-9(8)14(10,12)13/h3-5,11H,2,6H2,1H3,(H2,10,12,13). The van der Waals surface area contributed by atoms with Crippen LogP contribution in [0.25, 0.3) is 0 Å². The zero-order chi connectivity index (χ0) is 10.8. The van der Waals surface area contributed by atoms with E-state index in [0.29, 0.717) is 17.5 Å². The van der Waals surface area contributed by atoms with E-state index >= 15 is 0 Å². The molecule has 14 heavy (non-hydrogen) atoms. The summed E-state index contributed by atoms with van der Waals surface area (Å²) >= 11 is 0. The van der Waals surface area contributed by atoms with Crippen molar-refractivity contribution in [3.63, 3.8) is 0 Å².